The fourth-order valence-electron chi connectivity index (χ4n) is 3.44. The molecule has 0 saturated heterocycles. The van der Waals surface area contributed by atoms with Gasteiger partial charge in [-0.3, -0.25) is 4.79 Å². The molecule has 0 radical (unpaired) electrons. The number of nitrogens with one attached hydrogen (secondary N) is 1. The number of benzene rings is 1. The number of fused-ring (bicyclic) bond motifs is 1. The maximum absolute atomic E-state index is 13.1. The van der Waals surface area contributed by atoms with Crippen molar-refractivity contribution in [3.63, 3.8) is 0 Å². The Morgan fingerprint density at radius 1 is 1.29 bits per heavy atom. The standard InChI is InChI=1S/C20H17ClF3N5O2/c1-10(12-4-13(20(22,23)24)6-14(25)5-12)26-17-15-7-29(8-16(15)27-19(21)28-17)18(30)11-2-3-31-9-11/h2-6,9-10H,7-8,25H2,1H3,(H,26,27,28)/t10-/m1/s1. The fraction of sp³-hybridized carbons (Fsp3) is 0.250. The lowest BCUT2D eigenvalue weighted by atomic mass is 10.0. The quantitative estimate of drug-likeness (QED) is 0.442. The van der Waals surface area contributed by atoms with Gasteiger partial charge in [0, 0.05) is 11.3 Å². The highest BCUT2D eigenvalue weighted by Gasteiger charge is 2.32. The largest absolute Gasteiger partial charge is 0.472 e. The summed E-state index contributed by atoms with van der Waals surface area (Å²) in [7, 11) is 0. The molecule has 1 aliphatic rings. The molecule has 3 heterocycles. The minimum Gasteiger partial charge on any atom is -0.472 e. The maximum atomic E-state index is 13.1. The van der Waals surface area contributed by atoms with Gasteiger partial charge in [-0.15, -0.1) is 0 Å². The Labute approximate surface area is 180 Å². The highest BCUT2D eigenvalue weighted by atomic mass is 35.5. The summed E-state index contributed by atoms with van der Waals surface area (Å²) in [5.74, 6) is 0.105. The van der Waals surface area contributed by atoms with Gasteiger partial charge in [0.15, 0.2) is 0 Å². The Bertz CT molecular complexity index is 1130. The van der Waals surface area contributed by atoms with Crippen molar-refractivity contribution in [2.24, 2.45) is 0 Å². The molecule has 0 saturated carbocycles. The molecule has 0 aliphatic carbocycles. The molecule has 1 aromatic carbocycles. The lowest BCUT2D eigenvalue weighted by Crippen LogP contribution is -2.25. The van der Waals surface area contributed by atoms with E-state index in [0.717, 1.165) is 12.1 Å². The third-order valence-electron chi connectivity index (χ3n) is 4.97. The predicted octanol–water partition coefficient (Wildman–Crippen LogP) is 4.65. The minimum absolute atomic E-state index is 0.00121. The Kier molecular flexibility index (Phi) is 5.26. The van der Waals surface area contributed by atoms with E-state index in [1.165, 1.54) is 18.6 Å². The van der Waals surface area contributed by atoms with Crippen molar-refractivity contribution in [1.29, 1.82) is 0 Å². The third kappa shape index (κ3) is 4.29. The first-order valence-corrected chi connectivity index (χ1v) is 9.60. The van der Waals surface area contributed by atoms with Crippen LogP contribution < -0.4 is 11.1 Å². The number of amides is 1. The lowest BCUT2D eigenvalue weighted by molar-refractivity contribution is -0.137. The van der Waals surface area contributed by atoms with Crippen molar-refractivity contribution in [2.75, 3.05) is 11.1 Å². The van der Waals surface area contributed by atoms with Crippen LogP contribution in [0.5, 0.6) is 0 Å². The van der Waals surface area contributed by atoms with Crippen LogP contribution >= 0.6 is 11.6 Å². The summed E-state index contributed by atoms with van der Waals surface area (Å²) < 4.78 is 44.4. The van der Waals surface area contributed by atoms with Gasteiger partial charge in [-0.1, -0.05) is 0 Å². The summed E-state index contributed by atoms with van der Waals surface area (Å²) in [6.07, 6.45) is -1.76. The van der Waals surface area contributed by atoms with Crippen LogP contribution in [0.25, 0.3) is 0 Å². The molecule has 31 heavy (non-hydrogen) atoms. The number of nitrogen functional groups attached to an aromatic ring is 1. The van der Waals surface area contributed by atoms with E-state index in [1.807, 2.05) is 0 Å². The number of aromatic nitrogens is 2. The number of rotatable bonds is 4. The second-order valence-electron chi connectivity index (χ2n) is 7.19. The Hall–Kier alpha value is -3.27. The van der Waals surface area contributed by atoms with Crippen LogP contribution in [0.3, 0.4) is 0 Å². The first-order chi connectivity index (χ1) is 14.6. The van der Waals surface area contributed by atoms with Crippen LogP contribution in [-0.4, -0.2) is 20.8 Å². The zero-order valence-electron chi connectivity index (χ0n) is 16.2. The van der Waals surface area contributed by atoms with E-state index >= 15 is 0 Å². The Balaban J connectivity index is 1.60. The summed E-state index contributed by atoms with van der Waals surface area (Å²) in [6, 6.07) is 4.37. The normalized spacial score (nSPS) is 14.4. The highest BCUT2D eigenvalue weighted by Crippen LogP contribution is 2.35. The molecule has 0 bridgehead atoms. The van der Waals surface area contributed by atoms with E-state index in [-0.39, 0.29) is 30.0 Å². The van der Waals surface area contributed by atoms with E-state index in [0.29, 0.717) is 28.2 Å². The lowest BCUT2D eigenvalue weighted by Gasteiger charge is -2.19. The second kappa shape index (κ2) is 7.77. The number of anilines is 2. The molecule has 4 rings (SSSR count). The number of alkyl halides is 3. The highest BCUT2D eigenvalue weighted by molar-refractivity contribution is 6.28. The number of carbonyl (C=O) groups excluding carboxylic acids is 1. The van der Waals surface area contributed by atoms with Gasteiger partial charge in [0.05, 0.1) is 42.2 Å². The number of hydrogen-bond acceptors (Lipinski definition) is 6. The SMILES string of the molecule is C[C@@H](Nc1nc(Cl)nc2c1CN(C(=O)c1ccoc1)C2)c1cc(N)cc(C(F)(F)F)c1. The van der Waals surface area contributed by atoms with Gasteiger partial charge in [0.25, 0.3) is 5.91 Å². The molecule has 162 valence electrons. The zero-order valence-corrected chi connectivity index (χ0v) is 17.0. The Morgan fingerprint density at radius 3 is 2.74 bits per heavy atom. The van der Waals surface area contributed by atoms with Gasteiger partial charge < -0.3 is 20.4 Å². The van der Waals surface area contributed by atoms with E-state index in [1.54, 1.807) is 17.9 Å². The van der Waals surface area contributed by atoms with Crippen LogP contribution in [0.2, 0.25) is 5.28 Å². The van der Waals surface area contributed by atoms with Gasteiger partial charge in [-0.25, -0.2) is 9.97 Å². The minimum atomic E-state index is -4.52. The van der Waals surface area contributed by atoms with Crippen LogP contribution in [0.15, 0.2) is 41.2 Å². The number of furan rings is 1. The summed E-state index contributed by atoms with van der Waals surface area (Å²) in [4.78, 5) is 22.6. The molecule has 1 amide bonds. The molecule has 2 aromatic heterocycles. The zero-order chi connectivity index (χ0) is 22.3. The van der Waals surface area contributed by atoms with Crippen molar-refractivity contribution in [2.45, 2.75) is 32.2 Å². The van der Waals surface area contributed by atoms with E-state index in [9.17, 15) is 18.0 Å². The van der Waals surface area contributed by atoms with Gasteiger partial charge in [-0.2, -0.15) is 13.2 Å². The monoisotopic (exact) mass is 451 g/mol. The van der Waals surface area contributed by atoms with Crippen molar-refractivity contribution >= 4 is 29.0 Å². The number of carbonyl (C=O) groups is 1. The third-order valence-corrected chi connectivity index (χ3v) is 5.14. The first kappa shape index (κ1) is 21.0. The first-order valence-electron chi connectivity index (χ1n) is 9.23. The topological polar surface area (TPSA) is 97.3 Å². The van der Waals surface area contributed by atoms with Gasteiger partial charge >= 0.3 is 6.18 Å². The molecular weight excluding hydrogens is 435 g/mol. The number of hydrogen-bond donors (Lipinski definition) is 2. The molecule has 0 unspecified atom stereocenters. The summed E-state index contributed by atoms with van der Waals surface area (Å²) >= 11 is 6.05. The number of nitrogens with zero attached hydrogens (tertiary/aromatic N) is 3. The van der Waals surface area contributed by atoms with Gasteiger partial charge in [0.1, 0.15) is 12.1 Å². The van der Waals surface area contributed by atoms with Crippen LogP contribution in [0, 0.1) is 0 Å². The van der Waals surface area contributed by atoms with E-state index in [4.69, 9.17) is 21.8 Å². The molecule has 7 nitrogen and oxygen atoms in total. The molecule has 0 spiro atoms. The van der Waals surface area contributed by atoms with Crippen molar-refractivity contribution < 1.29 is 22.4 Å². The number of halogens is 4. The smallest absolute Gasteiger partial charge is 0.416 e. The molecule has 0 fully saturated rings. The van der Waals surface area contributed by atoms with E-state index < -0.39 is 17.8 Å². The molecule has 3 N–H and O–H groups in total. The average molecular weight is 452 g/mol. The second-order valence-corrected chi connectivity index (χ2v) is 7.53. The van der Waals surface area contributed by atoms with Gasteiger partial charge in [0.2, 0.25) is 5.28 Å². The van der Waals surface area contributed by atoms with Crippen molar-refractivity contribution in [1.82, 2.24) is 14.9 Å². The molecular formula is C20H17ClF3N5O2. The van der Waals surface area contributed by atoms with Crippen molar-refractivity contribution in [3.8, 4) is 0 Å². The van der Waals surface area contributed by atoms with Crippen LogP contribution in [0.1, 0.15) is 45.7 Å². The Morgan fingerprint density at radius 2 is 2.06 bits per heavy atom. The van der Waals surface area contributed by atoms with Crippen molar-refractivity contribution in [3.05, 3.63) is 70.0 Å². The molecule has 3 aromatic rings. The molecule has 1 aliphatic heterocycles. The van der Waals surface area contributed by atoms with Gasteiger partial charge in [-0.05, 0) is 48.4 Å². The maximum Gasteiger partial charge on any atom is 0.416 e. The van der Waals surface area contributed by atoms with Crippen LogP contribution in [0.4, 0.5) is 24.7 Å². The fourth-order valence-corrected chi connectivity index (χ4v) is 3.62. The molecule has 1 atom stereocenters. The summed E-state index contributed by atoms with van der Waals surface area (Å²) in [5, 5.41) is 3.05. The summed E-state index contributed by atoms with van der Waals surface area (Å²) in [5.41, 5.74) is 6.78. The summed E-state index contributed by atoms with van der Waals surface area (Å²) in [6.45, 7) is 2.12. The average Bonchev–Trinajstić information content (AvgIpc) is 3.36. The van der Waals surface area contributed by atoms with Crippen LogP contribution in [-0.2, 0) is 19.3 Å². The van der Waals surface area contributed by atoms with E-state index in [2.05, 4.69) is 15.3 Å². The molecule has 11 heteroatoms. The number of nitrogens with two attached hydrogens (primary N) is 1. The predicted molar refractivity (Wildman–Crippen MR) is 107 cm³/mol.